The van der Waals surface area contributed by atoms with Gasteiger partial charge in [-0.1, -0.05) is 53.6 Å². The van der Waals surface area contributed by atoms with Gasteiger partial charge in [-0.2, -0.15) is 9.94 Å². The third-order valence-corrected chi connectivity index (χ3v) is 7.20. The summed E-state index contributed by atoms with van der Waals surface area (Å²) in [5.74, 6) is -0.128. The number of hydrogen-bond acceptors (Lipinski definition) is 6. The van der Waals surface area contributed by atoms with E-state index in [9.17, 15) is 13.2 Å². The van der Waals surface area contributed by atoms with Gasteiger partial charge in [-0.3, -0.25) is 4.79 Å². The third-order valence-electron chi connectivity index (χ3n) is 5.39. The lowest BCUT2D eigenvalue weighted by Crippen LogP contribution is -2.46. The van der Waals surface area contributed by atoms with Crippen molar-refractivity contribution in [1.82, 2.24) is 30.7 Å². The Morgan fingerprint density at radius 2 is 1.54 bits per heavy atom. The van der Waals surface area contributed by atoms with Gasteiger partial charge in [0.25, 0.3) is 0 Å². The first-order chi connectivity index (χ1) is 16.7. The monoisotopic (exact) mass is 510 g/mol. The van der Waals surface area contributed by atoms with Crippen LogP contribution in [0.2, 0.25) is 5.02 Å². The zero-order chi connectivity index (χ0) is 25.0. The van der Waals surface area contributed by atoms with E-state index < -0.39 is 28.0 Å². The molecule has 3 N–H and O–H groups in total. The van der Waals surface area contributed by atoms with Gasteiger partial charge < -0.3 is 5.32 Å². The Morgan fingerprint density at radius 1 is 0.943 bits per heavy atom. The van der Waals surface area contributed by atoms with Crippen LogP contribution in [0.25, 0.3) is 11.4 Å². The van der Waals surface area contributed by atoms with Gasteiger partial charge >= 0.3 is 0 Å². The van der Waals surface area contributed by atoms with Crippen LogP contribution in [0.1, 0.15) is 29.7 Å². The highest BCUT2D eigenvalue weighted by atomic mass is 35.5. The number of benzene rings is 3. The quantitative estimate of drug-likeness (QED) is 0.333. The molecule has 4 rings (SSSR count). The number of aromatic nitrogens is 4. The summed E-state index contributed by atoms with van der Waals surface area (Å²) in [6, 6.07) is 19.4. The van der Waals surface area contributed by atoms with Crippen molar-refractivity contribution >= 4 is 27.5 Å². The number of rotatable bonds is 8. The first-order valence-electron chi connectivity index (χ1n) is 10.7. The molecule has 0 aliphatic carbocycles. The van der Waals surface area contributed by atoms with E-state index in [1.165, 1.54) is 19.1 Å². The van der Waals surface area contributed by atoms with E-state index in [0.29, 0.717) is 16.4 Å². The van der Waals surface area contributed by atoms with Gasteiger partial charge in [0.2, 0.25) is 21.8 Å². The van der Waals surface area contributed by atoms with Gasteiger partial charge in [-0.25, -0.2) is 8.42 Å². The van der Waals surface area contributed by atoms with E-state index in [-0.39, 0.29) is 4.90 Å². The van der Waals surface area contributed by atoms with Gasteiger partial charge in [0.15, 0.2) is 0 Å². The molecule has 3 aromatic carbocycles. The molecule has 0 spiro atoms. The number of aromatic amines is 1. The van der Waals surface area contributed by atoms with Crippen LogP contribution in [-0.2, 0) is 14.8 Å². The number of halogens is 1. The van der Waals surface area contributed by atoms with Crippen molar-refractivity contribution in [3.8, 4) is 11.4 Å². The molecule has 1 aromatic heterocycles. The topological polar surface area (TPSA) is 130 Å². The summed E-state index contributed by atoms with van der Waals surface area (Å²) in [4.78, 5) is 13.1. The highest BCUT2D eigenvalue weighted by Gasteiger charge is 2.25. The maximum Gasteiger partial charge on any atom is 0.241 e. The molecule has 2 atom stereocenters. The van der Waals surface area contributed by atoms with Crippen molar-refractivity contribution in [2.75, 3.05) is 0 Å². The van der Waals surface area contributed by atoms with Crippen LogP contribution < -0.4 is 10.0 Å². The molecular weight excluding hydrogens is 488 g/mol. The number of aryl methyl sites for hydroxylation is 1. The van der Waals surface area contributed by atoms with E-state index in [2.05, 4.69) is 30.7 Å². The average Bonchev–Trinajstić information content (AvgIpc) is 3.39. The molecule has 35 heavy (non-hydrogen) atoms. The molecule has 1 amide bonds. The number of carbonyl (C=O) groups excluding carboxylic acids is 1. The van der Waals surface area contributed by atoms with Gasteiger partial charge in [0.05, 0.1) is 17.0 Å². The van der Waals surface area contributed by atoms with Gasteiger partial charge in [0, 0.05) is 10.6 Å². The molecule has 11 heteroatoms. The Bertz CT molecular complexity index is 1350. The smallest absolute Gasteiger partial charge is 0.241 e. The molecule has 0 fully saturated rings. The molecule has 9 nitrogen and oxygen atoms in total. The zero-order valence-corrected chi connectivity index (χ0v) is 20.5. The average molecular weight is 511 g/mol. The molecule has 0 saturated carbocycles. The summed E-state index contributed by atoms with van der Waals surface area (Å²) in [6.45, 7) is 3.47. The zero-order valence-electron chi connectivity index (χ0n) is 18.9. The van der Waals surface area contributed by atoms with Crippen LogP contribution in [0, 0.1) is 6.92 Å². The molecule has 0 saturated heterocycles. The molecule has 1 heterocycles. The second-order valence-electron chi connectivity index (χ2n) is 8.01. The molecule has 180 valence electrons. The van der Waals surface area contributed by atoms with Gasteiger partial charge in [-0.15, -0.1) is 10.2 Å². The number of sulfonamides is 1. The Labute approximate surface area is 208 Å². The van der Waals surface area contributed by atoms with Crippen LogP contribution in [0.15, 0.2) is 77.7 Å². The summed E-state index contributed by atoms with van der Waals surface area (Å²) in [5, 5.41) is 17.1. The van der Waals surface area contributed by atoms with Crippen molar-refractivity contribution in [1.29, 1.82) is 0 Å². The molecule has 0 radical (unpaired) electrons. The molecule has 4 aromatic rings. The summed E-state index contributed by atoms with van der Waals surface area (Å²) < 4.78 is 28.2. The number of tetrazole rings is 1. The number of nitrogens with one attached hydrogen (secondary N) is 3. The van der Waals surface area contributed by atoms with E-state index in [4.69, 9.17) is 11.6 Å². The highest BCUT2D eigenvalue weighted by Crippen LogP contribution is 2.24. The predicted octanol–water partition coefficient (Wildman–Crippen LogP) is 3.40. The summed E-state index contributed by atoms with van der Waals surface area (Å²) in [7, 11) is -3.96. The summed E-state index contributed by atoms with van der Waals surface area (Å²) >= 11 is 6.03. The number of H-pyrrole nitrogens is 1. The number of nitrogens with zero attached hydrogens (tertiary/aromatic N) is 3. The number of hydrogen-bond donors (Lipinski definition) is 3. The van der Waals surface area contributed by atoms with E-state index in [1.54, 1.807) is 24.3 Å². The lowest BCUT2D eigenvalue weighted by Gasteiger charge is -2.23. The van der Waals surface area contributed by atoms with Crippen LogP contribution in [0.3, 0.4) is 0 Å². The second kappa shape index (κ2) is 10.3. The summed E-state index contributed by atoms with van der Waals surface area (Å²) in [5.41, 5.74) is 3.37. The Morgan fingerprint density at radius 3 is 2.11 bits per heavy atom. The van der Waals surface area contributed by atoms with Crippen molar-refractivity contribution in [2.45, 2.75) is 30.8 Å². The van der Waals surface area contributed by atoms with Crippen LogP contribution in [0.4, 0.5) is 0 Å². The van der Waals surface area contributed by atoms with Crippen molar-refractivity contribution in [2.24, 2.45) is 0 Å². The lowest BCUT2D eigenvalue weighted by atomic mass is 9.97. The summed E-state index contributed by atoms with van der Waals surface area (Å²) in [6.07, 6.45) is 0. The van der Waals surface area contributed by atoms with Gasteiger partial charge in [0.1, 0.15) is 0 Å². The van der Waals surface area contributed by atoms with Gasteiger partial charge in [-0.05, 0) is 66.6 Å². The first-order valence-corrected chi connectivity index (χ1v) is 12.6. The minimum absolute atomic E-state index is 0.0113. The third kappa shape index (κ3) is 5.91. The molecule has 0 aliphatic heterocycles. The standard InChI is InChI=1S/C24H23ClN6O3S/c1-15-3-5-17(6-4-15)22(18-7-11-20(25)12-8-18)26-24(32)16(2)29-35(33,34)21-13-9-19(10-14-21)23-27-30-31-28-23/h3-14,16,22,29H,1-2H3,(H,26,32)(H,27,28,30,31). The fourth-order valence-corrected chi connectivity index (χ4v) is 4.79. The lowest BCUT2D eigenvalue weighted by molar-refractivity contribution is -0.122. The van der Waals surface area contributed by atoms with Crippen LogP contribution in [0.5, 0.6) is 0 Å². The van der Waals surface area contributed by atoms with Crippen LogP contribution in [-0.4, -0.2) is 41.0 Å². The maximum atomic E-state index is 13.1. The Balaban J connectivity index is 1.50. The van der Waals surface area contributed by atoms with Crippen molar-refractivity contribution in [3.63, 3.8) is 0 Å². The number of carbonyl (C=O) groups is 1. The Hall–Kier alpha value is -3.60. The predicted molar refractivity (Wildman–Crippen MR) is 132 cm³/mol. The van der Waals surface area contributed by atoms with Crippen LogP contribution >= 0.6 is 11.6 Å². The molecular formula is C24H23ClN6O3S. The SMILES string of the molecule is Cc1ccc(C(NC(=O)C(C)NS(=O)(=O)c2ccc(-c3nn[nH]n3)cc2)c2ccc(Cl)cc2)cc1. The number of amides is 1. The minimum atomic E-state index is -3.96. The van der Waals surface area contributed by atoms with Crippen molar-refractivity contribution < 1.29 is 13.2 Å². The van der Waals surface area contributed by atoms with E-state index >= 15 is 0 Å². The Kier molecular flexibility index (Phi) is 7.25. The first kappa shape index (κ1) is 24.5. The normalized spacial score (nSPS) is 13.2. The van der Waals surface area contributed by atoms with Crippen molar-refractivity contribution in [3.05, 3.63) is 94.5 Å². The minimum Gasteiger partial charge on any atom is -0.344 e. The second-order valence-corrected chi connectivity index (χ2v) is 10.2. The van der Waals surface area contributed by atoms with E-state index in [1.807, 2.05) is 43.3 Å². The van der Waals surface area contributed by atoms with E-state index in [0.717, 1.165) is 16.7 Å². The largest absolute Gasteiger partial charge is 0.344 e. The molecule has 2 unspecified atom stereocenters. The fraction of sp³-hybridized carbons (Fsp3) is 0.167. The fourth-order valence-electron chi connectivity index (χ4n) is 3.46. The maximum absolute atomic E-state index is 13.1. The molecule has 0 aliphatic rings. The highest BCUT2D eigenvalue weighted by molar-refractivity contribution is 7.89. The molecule has 0 bridgehead atoms.